The first-order valence-corrected chi connectivity index (χ1v) is 8.91. The highest BCUT2D eigenvalue weighted by atomic mass is 35.5. The van der Waals surface area contributed by atoms with Crippen LogP contribution in [0.2, 0.25) is 5.02 Å². The van der Waals surface area contributed by atoms with Crippen molar-refractivity contribution in [1.29, 1.82) is 5.26 Å². The summed E-state index contributed by atoms with van der Waals surface area (Å²) in [5, 5.41) is 21.4. The number of benzene rings is 1. The fourth-order valence-electron chi connectivity index (χ4n) is 3.05. The third-order valence-corrected chi connectivity index (χ3v) is 4.78. The molecule has 1 aromatic heterocycles. The summed E-state index contributed by atoms with van der Waals surface area (Å²) in [4.78, 5) is 23.5. The van der Waals surface area contributed by atoms with Crippen molar-refractivity contribution in [2.24, 2.45) is 0 Å². The number of aromatic carboxylic acids is 1. The number of hydrogen-bond donors (Lipinski definition) is 2. The Balaban J connectivity index is 1.81. The minimum absolute atomic E-state index is 0.0312. The molecule has 2 aromatic rings. The van der Waals surface area contributed by atoms with Gasteiger partial charge in [0.1, 0.15) is 23.2 Å². The van der Waals surface area contributed by atoms with Crippen molar-refractivity contribution in [3.05, 3.63) is 52.3 Å². The van der Waals surface area contributed by atoms with Crippen molar-refractivity contribution >= 4 is 29.6 Å². The minimum Gasteiger partial charge on any atom is -0.478 e. The standard InChI is InChI=1S/C20H17ClN2O4/c21-17-7-5-12(10-16(17)20(25)26)18-8-6-15(27-18)9-13(11-22)19(24)23-14-3-1-2-4-14/h5-10,14H,1-4H2,(H,23,24)(H,25,26)/b13-9+. The van der Waals surface area contributed by atoms with E-state index in [2.05, 4.69) is 5.32 Å². The van der Waals surface area contributed by atoms with Crippen LogP contribution in [-0.2, 0) is 4.79 Å². The summed E-state index contributed by atoms with van der Waals surface area (Å²) >= 11 is 5.87. The maximum absolute atomic E-state index is 12.2. The molecular weight excluding hydrogens is 368 g/mol. The smallest absolute Gasteiger partial charge is 0.337 e. The molecular formula is C20H17ClN2O4. The van der Waals surface area contributed by atoms with Gasteiger partial charge >= 0.3 is 5.97 Å². The average molecular weight is 385 g/mol. The van der Waals surface area contributed by atoms with Crippen LogP contribution in [0.1, 0.15) is 41.8 Å². The molecule has 7 heteroatoms. The van der Waals surface area contributed by atoms with Gasteiger partial charge in [-0.1, -0.05) is 24.4 Å². The SMILES string of the molecule is N#C/C(=C\c1ccc(-c2ccc(Cl)c(C(=O)O)c2)o1)C(=O)NC1CCCC1. The Morgan fingerprint density at radius 3 is 2.67 bits per heavy atom. The number of furan rings is 1. The van der Waals surface area contributed by atoms with Gasteiger partial charge < -0.3 is 14.8 Å². The van der Waals surface area contributed by atoms with E-state index >= 15 is 0 Å². The number of carbonyl (C=O) groups excluding carboxylic acids is 1. The number of carboxylic acid groups (broad SMARTS) is 1. The van der Waals surface area contributed by atoms with Gasteiger partial charge in [0.05, 0.1) is 10.6 Å². The van der Waals surface area contributed by atoms with Gasteiger partial charge in [0, 0.05) is 17.7 Å². The van der Waals surface area contributed by atoms with Gasteiger partial charge in [0.2, 0.25) is 0 Å². The van der Waals surface area contributed by atoms with E-state index in [1.807, 2.05) is 6.07 Å². The summed E-state index contributed by atoms with van der Waals surface area (Å²) < 4.78 is 5.65. The molecule has 0 aliphatic heterocycles. The van der Waals surface area contributed by atoms with E-state index in [1.54, 1.807) is 18.2 Å². The van der Waals surface area contributed by atoms with Crippen molar-refractivity contribution in [1.82, 2.24) is 5.32 Å². The molecule has 0 spiro atoms. The van der Waals surface area contributed by atoms with Crippen molar-refractivity contribution in [2.45, 2.75) is 31.7 Å². The van der Waals surface area contributed by atoms with Crippen LogP contribution >= 0.6 is 11.6 Å². The molecule has 1 aromatic carbocycles. The van der Waals surface area contributed by atoms with Crippen LogP contribution in [0.5, 0.6) is 0 Å². The van der Waals surface area contributed by atoms with E-state index in [-0.39, 0.29) is 22.2 Å². The van der Waals surface area contributed by atoms with E-state index in [9.17, 15) is 14.9 Å². The number of carbonyl (C=O) groups is 2. The Morgan fingerprint density at radius 1 is 1.26 bits per heavy atom. The first-order valence-electron chi connectivity index (χ1n) is 8.53. The Kier molecular flexibility index (Phi) is 5.63. The monoisotopic (exact) mass is 384 g/mol. The van der Waals surface area contributed by atoms with Gasteiger partial charge in [0.15, 0.2) is 0 Å². The van der Waals surface area contributed by atoms with Crippen LogP contribution < -0.4 is 5.32 Å². The highest BCUT2D eigenvalue weighted by Gasteiger charge is 2.19. The first kappa shape index (κ1) is 18.7. The van der Waals surface area contributed by atoms with Crippen LogP contribution in [0.15, 0.2) is 40.3 Å². The fraction of sp³-hybridized carbons (Fsp3) is 0.250. The summed E-state index contributed by atoms with van der Waals surface area (Å²) in [5.74, 6) is -0.810. The zero-order valence-electron chi connectivity index (χ0n) is 14.4. The molecule has 138 valence electrons. The molecule has 0 unspecified atom stereocenters. The number of rotatable bonds is 5. The van der Waals surface area contributed by atoms with Crippen LogP contribution in [0.25, 0.3) is 17.4 Å². The van der Waals surface area contributed by atoms with Gasteiger partial charge in [-0.05, 0) is 43.2 Å². The molecule has 1 aliphatic carbocycles. The summed E-state index contributed by atoms with van der Waals surface area (Å²) in [6, 6.07) is 9.80. The lowest BCUT2D eigenvalue weighted by molar-refractivity contribution is -0.117. The number of halogens is 1. The molecule has 27 heavy (non-hydrogen) atoms. The second kappa shape index (κ2) is 8.11. The second-order valence-electron chi connectivity index (χ2n) is 6.33. The summed E-state index contributed by atoms with van der Waals surface area (Å²) in [7, 11) is 0. The largest absolute Gasteiger partial charge is 0.478 e. The maximum atomic E-state index is 12.2. The minimum atomic E-state index is -1.14. The molecule has 1 fully saturated rings. The Hall–Kier alpha value is -3.04. The molecule has 0 radical (unpaired) electrons. The van der Waals surface area contributed by atoms with Gasteiger partial charge in [-0.2, -0.15) is 5.26 Å². The quantitative estimate of drug-likeness (QED) is 0.592. The maximum Gasteiger partial charge on any atom is 0.337 e. The number of hydrogen-bond acceptors (Lipinski definition) is 4. The predicted octanol–water partition coefficient (Wildman–Crippen LogP) is 4.26. The molecule has 1 aliphatic rings. The number of nitriles is 1. The van der Waals surface area contributed by atoms with E-state index in [0.29, 0.717) is 17.1 Å². The molecule has 1 saturated carbocycles. The predicted molar refractivity (Wildman–Crippen MR) is 100 cm³/mol. The molecule has 6 nitrogen and oxygen atoms in total. The number of nitrogens with one attached hydrogen (secondary N) is 1. The average Bonchev–Trinajstić information content (AvgIpc) is 3.31. The van der Waals surface area contributed by atoms with Crippen molar-refractivity contribution < 1.29 is 19.1 Å². The lowest BCUT2D eigenvalue weighted by Gasteiger charge is -2.10. The number of nitrogens with zero attached hydrogens (tertiary/aromatic N) is 1. The zero-order valence-corrected chi connectivity index (χ0v) is 15.1. The molecule has 0 bridgehead atoms. The Bertz CT molecular complexity index is 949. The van der Waals surface area contributed by atoms with E-state index in [1.165, 1.54) is 18.2 Å². The van der Waals surface area contributed by atoms with Gasteiger partial charge in [0.25, 0.3) is 5.91 Å². The fourth-order valence-corrected chi connectivity index (χ4v) is 3.25. The van der Waals surface area contributed by atoms with Crippen LogP contribution in [0.4, 0.5) is 0 Å². The zero-order chi connectivity index (χ0) is 19.4. The van der Waals surface area contributed by atoms with Crippen LogP contribution in [-0.4, -0.2) is 23.0 Å². The Morgan fingerprint density at radius 2 is 2.00 bits per heavy atom. The van der Waals surface area contributed by atoms with Crippen LogP contribution in [0.3, 0.4) is 0 Å². The number of amides is 1. The molecule has 0 saturated heterocycles. The highest BCUT2D eigenvalue weighted by Crippen LogP contribution is 2.27. The lowest BCUT2D eigenvalue weighted by Crippen LogP contribution is -2.33. The molecule has 1 amide bonds. The molecule has 1 heterocycles. The normalized spacial score (nSPS) is 14.7. The molecule has 2 N–H and O–H groups in total. The van der Waals surface area contributed by atoms with E-state index in [4.69, 9.17) is 21.1 Å². The summed E-state index contributed by atoms with van der Waals surface area (Å²) in [6.45, 7) is 0. The second-order valence-corrected chi connectivity index (χ2v) is 6.73. The van der Waals surface area contributed by atoms with Gasteiger partial charge in [-0.3, -0.25) is 4.79 Å². The third-order valence-electron chi connectivity index (χ3n) is 4.45. The van der Waals surface area contributed by atoms with Crippen molar-refractivity contribution in [3.8, 4) is 17.4 Å². The van der Waals surface area contributed by atoms with Crippen LogP contribution in [0, 0.1) is 11.3 Å². The highest BCUT2D eigenvalue weighted by molar-refractivity contribution is 6.33. The third kappa shape index (κ3) is 4.39. The number of carboxylic acids is 1. The first-order chi connectivity index (χ1) is 13.0. The van der Waals surface area contributed by atoms with E-state index in [0.717, 1.165) is 25.7 Å². The van der Waals surface area contributed by atoms with E-state index < -0.39 is 11.9 Å². The van der Waals surface area contributed by atoms with Crippen molar-refractivity contribution in [3.63, 3.8) is 0 Å². The molecule has 0 atom stereocenters. The summed E-state index contributed by atoms with van der Waals surface area (Å²) in [5.41, 5.74) is 0.465. The molecule has 3 rings (SSSR count). The topological polar surface area (TPSA) is 103 Å². The van der Waals surface area contributed by atoms with Gasteiger partial charge in [-0.15, -0.1) is 0 Å². The van der Waals surface area contributed by atoms with Gasteiger partial charge in [-0.25, -0.2) is 4.79 Å². The van der Waals surface area contributed by atoms with Crippen molar-refractivity contribution in [2.75, 3.05) is 0 Å². The Labute approximate surface area is 161 Å². The lowest BCUT2D eigenvalue weighted by atomic mass is 10.1. The summed E-state index contributed by atoms with van der Waals surface area (Å²) in [6.07, 6.45) is 5.40.